The molecule has 0 bridgehead atoms. The number of thioether (sulfide) groups is 1. The van der Waals surface area contributed by atoms with E-state index in [1.54, 1.807) is 23.1 Å². The smallest absolute Gasteiger partial charge is 0.262 e. The van der Waals surface area contributed by atoms with Gasteiger partial charge in [0.1, 0.15) is 4.70 Å². The summed E-state index contributed by atoms with van der Waals surface area (Å²) in [6, 6.07) is 16.6. The molecule has 0 N–H and O–H groups in total. The van der Waals surface area contributed by atoms with Crippen LogP contribution in [-0.4, -0.2) is 57.4 Å². The minimum absolute atomic E-state index is 0.296. The summed E-state index contributed by atoms with van der Waals surface area (Å²) in [6.45, 7) is 2.55. The number of thiazole rings is 1. The number of hydrogen-bond acceptors (Lipinski definition) is 6. The van der Waals surface area contributed by atoms with Gasteiger partial charge in [0.25, 0.3) is 5.01 Å². The molecule has 186 valence electrons. The van der Waals surface area contributed by atoms with Gasteiger partial charge in [-0.3, -0.25) is 0 Å². The third-order valence-electron chi connectivity index (χ3n) is 5.74. The Bertz CT molecular complexity index is 1350. The second-order valence-electron chi connectivity index (χ2n) is 9.63. The molecule has 9 heteroatoms. The van der Waals surface area contributed by atoms with Gasteiger partial charge in [0.05, 0.1) is 48.5 Å². The molecule has 0 atom stereocenters. The van der Waals surface area contributed by atoms with Gasteiger partial charge in [0.15, 0.2) is 6.54 Å². The summed E-state index contributed by atoms with van der Waals surface area (Å²) < 4.78 is 37.5. The van der Waals surface area contributed by atoms with Crippen molar-refractivity contribution in [3.05, 3.63) is 70.7 Å². The molecule has 0 saturated heterocycles. The van der Waals surface area contributed by atoms with Crippen LogP contribution in [-0.2, 0) is 16.7 Å². The van der Waals surface area contributed by atoms with Crippen LogP contribution in [0.5, 0.6) is 0 Å². The van der Waals surface area contributed by atoms with Crippen molar-refractivity contribution in [2.24, 2.45) is 0 Å². The summed E-state index contributed by atoms with van der Waals surface area (Å²) in [4.78, 5) is 3.67. The summed E-state index contributed by atoms with van der Waals surface area (Å²) >= 11 is 3.45. The van der Waals surface area contributed by atoms with E-state index >= 15 is 0 Å². The van der Waals surface area contributed by atoms with Gasteiger partial charge in [0.2, 0.25) is 5.52 Å². The fourth-order valence-corrected chi connectivity index (χ4v) is 6.82. The molecular formula is C26H32N3O3S3+. The first kappa shape index (κ1) is 25.9. The number of anilines is 1. The highest BCUT2D eigenvalue weighted by atomic mass is 32.2. The van der Waals surface area contributed by atoms with E-state index < -0.39 is 10.1 Å². The maximum Gasteiger partial charge on any atom is 0.262 e. The van der Waals surface area contributed by atoms with Gasteiger partial charge in [0, 0.05) is 42.2 Å². The minimum atomic E-state index is -4.22. The highest BCUT2D eigenvalue weighted by Gasteiger charge is 2.25. The van der Waals surface area contributed by atoms with Crippen molar-refractivity contribution in [2.75, 3.05) is 44.9 Å². The Balaban J connectivity index is 1.56. The van der Waals surface area contributed by atoms with Gasteiger partial charge in [-0.1, -0.05) is 53.4 Å². The van der Waals surface area contributed by atoms with Crippen LogP contribution in [0, 0.1) is 0 Å². The quantitative estimate of drug-likeness (QED) is 0.216. The van der Waals surface area contributed by atoms with Crippen LogP contribution < -0.4 is 9.47 Å². The summed E-state index contributed by atoms with van der Waals surface area (Å²) in [5.74, 6) is -0.353. The molecule has 0 saturated carbocycles. The number of nitrogens with zero attached hydrogens (tertiary/aromatic N) is 3. The molecule has 0 aliphatic carbocycles. The zero-order valence-electron chi connectivity index (χ0n) is 20.4. The van der Waals surface area contributed by atoms with Crippen molar-refractivity contribution in [1.29, 1.82) is 0 Å². The summed E-state index contributed by atoms with van der Waals surface area (Å²) in [5, 5.41) is 2.23. The third kappa shape index (κ3) is 6.95. The number of para-hydroxylation sites is 2. The molecule has 0 unspecified atom stereocenters. The molecular weight excluding hydrogens is 499 g/mol. The molecule has 6 nitrogen and oxygen atoms in total. The van der Waals surface area contributed by atoms with E-state index in [0.717, 1.165) is 39.2 Å². The Labute approximate surface area is 216 Å². The summed E-state index contributed by atoms with van der Waals surface area (Å²) in [5.41, 5.74) is 2.31. The minimum Gasteiger partial charge on any atom is -0.748 e. The lowest BCUT2D eigenvalue weighted by Gasteiger charge is -2.26. The molecule has 0 spiro atoms. The Hall–Kier alpha value is -2.17. The van der Waals surface area contributed by atoms with Crippen LogP contribution in [0.25, 0.3) is 16.3 Å². The lowest BCUT2D eigenvalue weighted by molar-refractivity contribution is -0.870. The Morgan fingerprint density at radius 2 is 1.80 bits per heavy atom. The van der Waals surface area contributed by atoms with Crippen LogP contribution in [0.2, 0.25) is 0 Å². The van der Waals surface area contributed by atoms with Crippen LogP contribution in [0.4, 0.5) is 5.69 Å². The molecule has 1 aliphatic rings. The van der Waals surface area contributed by atoms with Gasteiger partial charge in [-0.15, -0.1) is 0 Å². The van der Waals surface area contributed by atoms with Gasteiger partial charge in [-0.05, 0) is 24.3 Å². The average Bonchev–Trinajstić information content (AvgIpc) is 3.30. The first-order chi connectivity index (χ1) is 16.6. The largest absolute Gasteiger partial charge is 0.748 e. The molecule has 2 aromatic carbocycles. The monoisotopic (exact) mass is 530 g/mol. The second kappa shape index (κ2) is 10.8. The number of fused-ring (bicyclic) bond motifs is 2. The fourth-order valence-electron chi connectivity index (χ4n) is 4.13. The molecule has 0 radical (unpaired) electrons. The SMILES string of the molecule is C[N+](C)(C)CCCN1C(=CC=Cc2sc3ccccc3[n+]2CCCS(=O)(=O)[O-])Sc2ccccc21. The first-order valence-electron chi connectivity index (χ1n) is 11.7. The maximum atomic E-state index is 11.1. The summed E-state index contributed by atoms with van der Waals surface area (Å²) in [7, 11) is 2.45. The average molecular weight is 531 g/mol. The van der Waals surface area contributed by atoms with E-state index in [0.29, 0.717) is 13.0 Å². The van der Waals surface area contributed by atoms with Crippen molar-refractivity contribution in [3.8, 4) is 0 Å². The highest BCUT2D eigenvalue weighted by Crippen LogP contribution is 2.45. The molecule has 0 fully saturated rings. The zero-order valence-corrected chi connectivity index (χ0v) is 22.8. The Morgan fingerprint density at radius 1 is 1.06 bits per heavy atom. The third-order valence-corrected chi connectivity index (χ3v) is 8.79. The topological polar surface area (TPSA) is 64.3 Å². The number of rotatable bonds is 10. The standard InChI is InChI=1S/C26H32N3O3S3/c1-29(2,3)19-9-17-27-21-11-4-6-13-23(21)33-25(27)15-8-16-26-28(18-10-20-35(30,31)32)22-12-5-7-14-24(22)34-26/h4-8,11-16H,9-10,17-20H2,1-3H3/q+1. The second-order valence-corrected chi connectivity index (χ2v) is 13.3. The van der Waals surface area contributed by atoms with E-state index in [1.165, 1.54) is 15.6 Å². The number of aryl methyl sites for hydroxylation is 1. The predicted molar refractivity (Wildman–Crippen MR) is 145 cm³/mol. The number of benzene rings is 2. The molecule has 0 amide bonds. The predicted octanol–water partition coefficient (Wildman–Crippen LogP) is 4.69. The number of aromatic nitrogens is 1. The van der Waals surface area contributed by atoms with Crippen LogP contribution in [0.1, 0.15) is 17.8 Å². The molecule has 1 aliphatic heterocycles. The molecule has 1 aromatic heterocycles. The van der Waals surface area contributed by atoms with Crippen LogP contribution >= 0.6 is 23.1 Å². The first-order valence-corrected chi connectivity index (χ1v) is 14.9. The van der Waals surface area contributed by atoms with Gasteiger partial charge < -0.3 is 13.9 Å². The number of hydrogen-bond donors (Lipinski definition) is 0. The van der Waals surface area contributed by atoms with Gasteiger partial charge >= 0.3 is 0 Å². The Kier molecular flexibility index (Phi) is 8.02. The van der Waals surface area contributed by atoms with E-state index in [4.69, 9.17) is 0 Å². The van der Waals surface area contributed by atoms with E-state index in [-0.39, 0.29) is 5.75 Å². The fraction of sp³-hybridized carbons (Fsp3) is 0.346. The lowest BCUT2D eigenvalue weighted by atomic mass is 10.2. The molecule has 35 heavy (non-hydrogen) atoms. The van der Waals surface area contributed by atoms with Crippen molar-refractivity contribution in [1.82, 2.24) is 0 Å². The number of quaternary nitrogens is 1. The molecule has 4 rings (SSSR count). The van der Waals surface area contributed by atoms with Crippen molar-refractivity contribution in [2.45, 2.75) is 24.3 Å². The van der Waals surface area contributed by atoms with Crippen molar-refractivity contribution in [3.63, 3.8) is 0 Å². The maximum absolute atomic E-state index is 11.1. The van der Waals surface area contributed by atoms with Crippen LogP contribution in [0.3, 0.4) is 0 Å². The normalized spacial score (nSPS) is 15.5. The van der Waals surface area contributed by atoms with E-state index in [1.807, 2.05) is 18.2 Å². The van der Waals surface area contributed by atoms with Crippen molar-refractivity contribution >= 4 is 55.2 Å². The van der Waals surface area contributed by atoms with Gasteiger partial charge in [-0.2, -0.15) is 4.57 Å². The van der Waals surface area contributed by atoms with E-state index in [9.17, 15) is 13.0 Å². The lowest BCUT2D eigenvalue weighted by Crippen LogP contribution is -2.37. The Morgan fingerprint density at radius 3 is 2.57 bits per heavy atom. The van der Waals surface area contributed by atoms with Crippen LogP contribution in [0.15, 0.2) is 70.6 Å². The highest BCUT2D eigenvalue weighted by molar-refractivity contribution is 8.03. The van der Waals surface area contributed by atoms with E-state index in [2.05, 4.69) is 79.2 Å². The number of allylic oxidation sites excluding steroid dienone is 2. The molecule has 2 heterocycles. The summed E-state index contributed by atoms with van der Waals surface area (Å²) in [6.07, 6.45) is 7.71. The van der Waals surface area contributed by atoms with Crippen molar-refractivity contribution < 1.29 is 22.0 Å². The molecule has 3 aromatic rings. The van der Waals surface area contributed by atoms with Gasteiger partial charge in [-0.25, -0.2) is 8.42 Å². The zero-order chi connectivity index (χ0) is 25.1.